The van der Waals surface area contributed by atoms with Crippen LogP contribution in [0.15, 0.2) is 18.2 Å². The zero-order chi connectivity index (χ0) is 14.8. The van der Waals surface area contributed by atoms with Crippen LogP contribution >= 0.6 is 11.3 Å². The molecule has 0 aliphatic carbocycles. The van der Waals surface area contributed by atoms with Crippen LogP contribution in [0.1, 0.15) is 31.1 Å². The van der Waals surface area contributed by atoms with Gasteiger partial charge in [0.1, 0.15) is 6.61 Å². The lowest BCUT2D eigenvalue weighted by molar-refractivity contribution is -0.0281. The number of carbonyl (C=O) groups is 1. The monoisotopic (exact) mass is 294 g/mol. The number of esters is 1. The van der Waals surface area contributed by atoms with Crippen LogP contribution in [0, 0.1) is 0 Å². The predicted molar refractivity (Wildman–Crippen MR) is 80.0 cm³/mol. The average molecular weight is 294 g/mol. The second-order valence-corrected chi connectivity index (χ2v) is 6.39. The first-order valence-electron chi connectivity index (χ1n) is 6.32. The molecule has 0 unspecified atom stereocenters. The number of nitrogen functional groups attached to an aromatic ring is 1. The summed E-state index contributed by atoms with van der Waals surface area (Å²) in [6, 6.07) is 5.20. The number of nitrogens with zero attached hydrogens (tertiary/aromatic N) is 1. The van der Waals surface area contributed by atoms with Crippen LogP contribution < -0.4 is 5.73 Å². The molecule has 0 aliphatic rings. The lowest BCUT2D eigenvalue weighted by Crippen LogP contribution is -2.22. The maximum Gasteiger partial charge on any atom is 0.338 e. The first-order valence-corrected chi connectivity index (χ1v) is 7.14. The Morgan fingerprint density at radius 3 is 2.80 bits per heavy atom. The largest absolute Gasteiger partial charge is 0.460 e. The van der Waals surface area contributed by atoms with E-state index in [-0.39, 0.29) is 18.2 Å². The molecule has 2 aromatic rings. The van der Waals surface area contributed by atoms with Gasteiger partial charge in [-0.15, -0.1) is 0 Å². The van der Waals surface area contributed by atoms with Gasteiger partial charge in [0.25, 0.3) is 0 Å². The molecule has 6 heteroatoms. The number of benzene rings is 1. The van der Waals surface area contributed by atoms with E-state index in [0.29, 0.717) is 17.3 Å². The summed E-state index contributed by atoms with van der Waals surface area (Å²) < 4.78 is 11.5. The van der Waals surface area contributed by atoms with Gasteiger partial charge < -0.3 is 15.2 Å². The van der Waals surface area contributed by atoms with Crippen molar-refractivity contribution in [3.63, 3.8) is 0 Å². The Balaban J connectivity index is 1.94. The SMILES string of the molecule is CC(C)(C)OCCOC(=O)c1ccc2nc(N)sc2c1. The molecule has 0 bridgehead atoms. The Hall–Kier alpha value is -1.66. The van der Waals surface area contributed by atoms with Crippen molar-refractivity contribution in [3.05, 3.63) is 23.8 Å². The van der Waals surface area contributed by atoms with Crippen LogP contribution in [-0.2, 0) is 9.47 Å². The summed E-state index contributed by atoms with van der Waals surface area (Å²) in [4.78, 5) is 16.0. The smallest absolute Gasteiger partial charge is 0.338 e. The van der Waals surface area contributed by atoms with Gasteiger partial charge in [-0.1, -0.05) is 11.3 Å². The lowest BCUT2D eigenvalue weighted by Gasteiger charge is -2.19. The summed E-state index contributed by atoms with van der Waals surface area (Å²) in [6.07, 6.45) is 0. The van der Waals surface area contributed by atoms with Crippen LogP contribution in [0.4, 0.5) is 5.13 Å². The third kappa shape index (κ3) is 3.91. The van der Waals surface area contributed by atoms with Crippen LogP contribution in [-0.4, -0.2) is 29.8 Å². The molecule has 20 heavy (non-hydrogen) atoms. The van der Waals surface area contributed by atoms with Crippen LogP contribution in [0.25, 0.3) is 10.2 Å². The Morgan fingerprint density at radius 2 is 2.10 bits per heavy atom. The minimum atomic E-state index is -0.364. The van der Waals surface area contributed by atoms with E-state index < -0.39 is 0 Å². The molecule has 2 N–H and O–H groups in total. The second kappa shape index (κ2) is 5.76. The molecule has 1 heterocycles. The third-order valence-corrected chi connectivity index (χ3v) is 3.34. The zero-order valence-electron chi connectivity index (χ0n) is 11.8. The number of hydrogen-bond donors (Lipinski definition) is 1. The maximum absolute atomic E-state index is 11.9. The number of rotatable bonds is 4. The Kier molecular flexibility index (Phi) is 4.25. The van der Waals surface area contributed by atoms with Gasteiger partial charge in [0, 0.05) is 0 Å². The topological polar surface area (TPSA) is 74.4 Å². The number of fused-ring (bicyclic) bond motifs is 1. The number of aromatic nitrogens is 1. The van der Waals surface area contributed by atoms with Gasteiger partial charge in [-0.2, -0.15) is 0 Å². The zero-order valence-corrected chi connectivity index (χ0v) is 12.6. The van der Waals surface area contributed by atoms with Crippen molar-refractivity contribution in [2.45, 2.75) is 26.4 Å². The third-order valence-electron chi connectivity index (χ3n) is 2.49. The Bertz CT molecular complexity index is 616. The minimum Gasteiger partial charge on any atom is -0.460 e. The number of nitrogens with two attached hydrogens (primary N) is 1. The van der Waals surface area contributed by atoms with E-state index in [9.17, 15) is 4.79 Å². The number of carbonyl (C=O) groups excluding carboxylic acids is 1. The molecule has 108 valence electrons. The molecule has 5 nitrogen and oxygen atoms in total. The van der Waals surface area contributed by atoms with Gasteiger partial charge in [-0.05, 0) is 39.0 Å². The molecule has 1 aromatic carbocycles. The van der Waals surface area contributed by atoms with E-state index >= 15 is 0 Å². The number of anilines is 1. The highest BCUT2D eigenvalue weighted by Gasteiger charge is 2.12. The molecule has 0 spiro atoms. The lowest BCUT2D eigenvalue weighted by atomic mass is 10.2. The van der Waals surface area contributed by atoms with Gasteiger partial charge >= 0.3 is 5.97 Å². The molecule has 0 fully saturated rings. The predicted octanol–water partition coefficient (Wildman–Crippen LogP) is 2.85. The second-order valence-electron chi connectivity index (χ2n) is 5.33. The van der Waals surface area contributed by atoms with Gasteiger partial charge in [0.2, 0.25) is 0 Å². The Labute approximate surface area is 121 Å². The van der Waals surface area contributed by atoms with E-state index in [2.05, 4.69) is 4.98 Å². The van der Waals surface area contributed by atoms with E-state index in [1.165, 1.54) is 11.3 Å². The molecule has 0 radical (unpaired) electrons. The fourth-order valence-corrected chi connectivity index (χ4v) is 2.41. The quantitative estimate of drug-likeness (QED) is 0.693. The van der Waals surface area contributed by atoms with Gasteiger partial charge in [-0.25, -0.2) is 9.78 Å². The number of hydrogen-bond acceptors (Lipinski definition) is 6. The van der Waals surface area contributed by atoms with E-state index in [0.717, 1.165) is 10.2 Å². The first-order chi connectivity index (χ1) is 9.35. The van der Waals surface area contributed by atoms with Crippen LogP contribution in [0.2, 0.25) is 0 Å². The average Bonchev–Trinajstić information content (AvgIpc) is 2.72. The fourth-order valence-electron chi connectivity index (χ4n) is 1.63. The summed E-state index contributed by atoms with van der Waals surface area (Å²) in [6.45, 7) is 6.48. The molecular weight excluding hydrogens is 276 g/mol. The Morgan fingerprint density at radius 1 is 1.35 bits per heavy atom. The van der Waals surface area contributed by atoms with E-state index in [1.54, 1.807) is 18.2 Å². The summed E-state index contributed by atoms with van der Waals surface area (Å²) >= 11 is 1.35. The molecule has 0 atom stereocenters. The molecule has 1 aromatic heterocycles. The number of thiazole rings is 1. The molecular formula is C14H18N2O3S. The normalized spacial score (nSPS) is 11.8. The van der Waals surface area contributed by atoms with Crippen molar-refractivity contribution in [3.8, 4) is 0 Å². The molecule has 0 aliphatic heterocycles. The fraction of sp³-hybridized carbons (Fsp3) is 0.429. The van der Waals surface area contributed by atoms with Crippen molar-refractivity contribution in [1.82, 2.24) is 4.98 Å². The molecule has 2 rings (SSSR count). The maximum atomic E-state index is 11.9. The van der Waals surface area contributed by atoms with Gasteiger partial charge in [0.05, 0.1) is 28.0 Å². The standard InChI is InChI=1S/C14H18N2O3S/c1-14(2,3)19-7-6-18-12(17)9-4-5-10-11(8-9)20-13(15)16-10/h4-5,8H,6-7H2,1-3H3,(H2,15,16). The summed E-state index contributed by atoms with van der Waals surface area (Å²) in [5.41, 5.74) is 6.69. The highest BCUT2D eigenvalue weighted by Crippen LogP contribution is 2.24. The highest BCUT2D eigenvalue weighted by molar-refractivity contribution is 7.22. The van der Waals surface area contributed by atoms with Crippen molar-refractivity contribution >= 4 is 32.7 Å². The molecule has 0 saturated carbocycles. The van der Waals surface area contributed by atoms with Crippen molar-refractivity contribution in [1.29, 1.82) is 0 Å². The summed E-state index contributed by atoms with van der Waals surface area (Å²) in [5, 5.41) is 0.490. The van der Waals surface area contributed by atoms with E-state index in [1.807, 2.05) is 20.8 Å². The summed E-state index contributed by atoms with van der Waals surface area (Å²) in [7, 11) is 0. The van der Waals surface area contributed by atoms with Gasteiger partial charge in [-0.3, -0.25) is 0 Å². The highest BCUT2D eigenvalue weighted by atomic mass is 32.1. The van der Waals surface area contributed by atoms with Crippen molar-refractivity contribution in [2.24, 2.45) is 0 Å². The number of ether oxygens (including phenoxy) is 2. The van der Waals surface area contributed by atoms with Crippen LogP contribution in [0.5, 0.6) is 0 Å². The molecule has 0 saturated heterocycles. The van der Waals surface area contributed by atoms with Crippen LogP contribution in [0.3, 0.4) is 0 Å². The van der Waals surface area contributed by atoms with Gasteiger partial charge in [0.15, 0.2) is 5.13 Å². The minimum absolute atomic E-state index is 0.231. The summed E-state index contributed by atoms with van der Waals surface area (Å²) in [5.74, 6) is -0.364. The van der Waals surface area contributed by atoms with Crippen molar-refractivity contribution < 1.29 is 14.3 Å². The van der Waals surface area contributed by atoms with E-state index in [4.69, 9.17) is 15.2 Å². The van der Waals surface area contributed by atoms with Crippen molar-refractivity contribution in [2.75, 3.05) is 18.9 Å². The molecule has 0 amide bonds. The first kappa shape index (κ1) is 14.7.